The van der Waals surface area contributed by atoms with Gasteiger partial charge in [-0.2, -0.15) is 5.10 Å². The van der Waals surface area contributed by atoms with E-state index in [-0.39, 0.29) is 11.2 Å². The second-order valence-electron chi connectivity index (χ2n) is 7.08. The maximum absolute atomic E-state index is 12.3. The van der Waals surface area contributed by atoms with Crippen molar-refractivity contribution in [2.45, 2.75) is 63.2 Å². The van der Waals surface area contributed by atoms with E-state index >= 15 is 0 Å². The molecular formula is C19H27N5OS. The Morgan fingerprint density at radius 2 is 2.04 bits per heavy atom. The fourth-order valence-electron chi connectivity index (χ4n) is 3.36. The molecule has 0 aromatic carbocycles. The second kappa shape index (κ2) is 8.66. The van der Waals surface area contributed by atoms with Crippen LogP contribution in [0.15, 0.2) is 23.2 Å². The van der Waals surface area contributed by atoms with Crippen molar-refractivity contribution < 1.29 is 4.79 Å². The predicted octanol–water partition coefficient (Wildman–Crippen LogP) is 3.46. The Hall–Kier alpha value is -1.89. The van der Waals surface area contributed by atoms with Crippen molar-refractivity contribution in [1.82, 2.24) is 25.3 Å². The number of carbonyl (C=O) groups excluding carboxylic acids is 1. The zero-order valence-electron chi connectivity index (χ0n) is 15.7. The molecular weight excluding hydrogens is 346 g/mol. The highest BCUT2D eigenvalue weighted by Crippen LogP contribution is 2.24. The van der Waals surface area contributed by atoms with Crippen molar-refractivity contribution in [3.63, 3.8) is 0 Å². The van der Waals surface area contributed by atoms with Crippen molar-refractivity contribution in [1.29, 1.82) is 0 Å². The minimum absolute atomic E-state index is 0.0741. The average molecular weight is 374 g/mol. The van der Waals surface area contributed by atoms with Crippen molar-refractivity contribution in [3.05, 3.63) is 29.6 Å². The molecule has 6 nitrogen and oxygen atoms in total. The van der Waals surface area contributed by atoms with Crippen LogP contribution in [0.3, 0.4) is 0 Å². The number of nitrogens with zero attached hydrogens (tertiary/aromatic N) is 4. The minimum Gasteiger partial charge on any atom is -0.355 e. The quantitative estimate of drug-likeness (QED) is 0.785. The van der Waals surface area contributed by atoms with Gasteiger partial charge in [-0.05, 0) is 57.7 Å². The normalized spacial score (nSPS) is 16.4. The number of carbonyl (C=O) groups is 1. The number of rotatable bonds is 6. The van der Waals surface area contributed by atoms with Gasteiger partial charge >= 0.3 is 0 Å². The maximum atomic E-state index is 12.3. The van der Waals surface area contributed by atoms with Crippen molar-refractivity contribution in [3.8, 4) is 5.82 Å². The summed E-state index contributed by atoms with van der Waals surface area (Å²) in [5.74, 6) is 1.41. The molecule has 140 valence electrons. The Morgan fingerprint density at radius 3 is 2.65 bits per heavy atom. The Labute approximate surface area is 159 Å². The van der Waals surface area contributed by atoms with Crippen LogP contribution in [0, 0.1) is 19.8 Å². The van der Waals surface area contributed by atoms with Gasteiger partial charge in [0, 0.05) is 12.2 Å². The van der Waals surface area contributed by atoms with Gasteiger partial charge in [0.05, 0.1) is 10.9 Å². The Bertz CT molecular complexity index is 737. The smallest absolute Gasteiger partial charge is 0.233 e. The molecule has 1 atom stereocenters. The van der Waals surface area contributed by atoms with E-state index in [4.69, 9.17) is 0 Å². The van der Waals surface area contributed by atoms with Gasteiger partial charge in [0.15, 0.2) is 5.82 Å². The third-order valence-electron chi connectivity index (χ3n) is 4.81. The summed E-state index contributed by atoms with van der Waals surface area (Å²) >= 11 is 1.44. The fraction of sp³-hybridized carbons (Fsp3) is 0.579. The first-order chi connectivity index (χ1) is 12.5. The van der Waals surface area contributed by atoms with Crippen molar-refractivity contribution in [2.24, 2.45) is 5.92 Å². The zero-order chi connectivity index (χ0) is 18.5. The highest BCUT2D eigenvalue weighted by molar-refractivity contribution is 8.00. The second-order valence-corrected chi connectivity index (χ2v) is 8.44. The van der Waals surface area contributed by atoms with Gasteiger partial charge in [-0.3, -0.25) is 4.79 Å². The summed E-state index contributed by atoms with van der Waals surface area (Å²) in [7, 11) is 0. The lowest BCUT2D eigenvalue weighted by Gasteiger charge is -2.22. The van der Waals surface area contributed by atoms with Gasteiger partial charge in [-0.15, -0.1) is 10.2 Å². The number of amides is 1. The lowest BCUT2D eigenvalue weighted by atomic mass is 9.89. The molecule has 1 N–H and O–H groups in total. The van der Waals surface area contributed by atoms with Crippen LogP contribution in [-0.2, 0) is 4.79 Å². The van der Waals surface area contributed by atoms with Crippen LogP contribution >= 0.6 is 11.8 Å². The van der Waals surface area contributed by atoms with Gasteiger partial charge in [0.25, 0.3) is 0 Å². The van der Waals surface area contributed by atoms with Gasteiger partial charge in [0.2, 0.25) is 5.91 Å². The molecule has 2 heterocycles. The molecule has 1 amide bonds. The third kappa shape index (κ3) is 4.84. The van der Waals surface area contributed by atoms with E-state index in [9.17, 15) is 4.79 Å². The monoisotopic (exact) mass is 373 g/mol. The Morgan fingerprint density at radius 1 is 1.27 bits per heavy atom. The van der Waals surface area contributed by atoms with Gasteiger partial charge in [-0.1, -0.05) is 31.0 Å². The molecule has 1 aliphatic rings. The van der Waals surface area contributed by atoms with E-state index in [1.54, 1.807) is 4.68 Å². The lowest BCUT2D eigenvalue weighted by Crippen LogP contribution is -2.35. The number of nitrogens with one attached hydrogen (secondary N) is 1. The Kier molecular flexibility index (Phi) is 6.29. The molecule has 0 aliphatic heterocycles. The van der Waals surface area contributed by atoms with Gasteiger partial charge in [0.1, 0.15) is 5.03 Å². The van der Waals surface area contributed by atoms with Crippen molar-refractivity contribution >= 4 is 17.7 Å². The van der Waals surface area contributed by atoms with E-state index < -0.39 is 0 Å². The van der Waals surface area contributed by atoms with E-state index in [1.807, 2.05) is 39.0 Å². The first-order valence-electron chi connectivity index (χ1n) is 9.34. The molecule has 0 unspecified atom stereocenters. The molecule has 0 radical (unpaired) electrons. The third-order valence-corrected chi connectivity index (χ3v) is 5.84. The van der Waals surface area contributed by atoms with Crippen LogP contribution in [0.2, 0.25) is 0 Å². The first-order valence-corrected chi connectivity index (χ1v) is 10.2. The summed E-state index contributed by atoms with van der Waals surface area (Å²) in [6.45, 7) is 6.65. The van der Waals surface area contributed by atoms with Crippen LogP contribution in [0.4, 0.5) is 0 Å². The molecule has 1 aliphatic carbocycles. The van der Waals surface area contributed by atoms with E-state index in [0.29, 0.717) is 11.7 Å². The topological polar surface area (TPSA) is 72.7 Å². The van der Waals surface area contributed by atoms with Crippen LogP contribution in [0.25, 0.3) is 5.82 Å². The molecule has 0 spiro atoms. The van der Waals surface area contributed by atoms with Crippen molar-refractivity contribution in [2.75, 3.05) is 6.54 Å². The predicted molar refractivity (Wildman–Crippen MR) is 104 cm³/mol. The highest BCUT2D eigenvalue weighted by Gasteiger charge is 2.19. The largest absolute Gasteiger partial charge is 0.355 e. The molecule has 0 bridgehead atoms. The summed E-state index contributed by atoms with van der Waals surface area (Å²) in [6.07, 6.45) is 6.40. The molecule has 1 saturated carbocycles. The van der Waals surface area contributed by atoms with Gasteiger partial charge < -0.3 is 5.32 Å². The van der Waals surface area contributed by atoms with E-state index in [0.717, 1.165) is 23.0 Å². The van der Waals surface area contributed by atoms with Crippen LogP contribution in [-0.4, -0.2) is 37.7 Å². The molecule has 2 aromatic rings. The number of thioether (sulfide) groups is 1. The minimum atomic E-state index is -0.188. The fourth-order valence-corrected chi connectivity index (χ4v) is 4.15. The van der Waals surface area contributed by atoms with Gasteiger partial charge in [-0.25, -0.2) is 4.68 Å². The standard InChI is InChI=1S/C19H27N5OS/c1-13-11-14(2)24(23-13)17-9-10-18(22-21-17)26-15(3)19(25)20-12-16-7-5-4-6-8-16/h9-11,15-16H,4-8,12H2,1-3H3,(H,20,25)/t15-/m1/s1. The summed E-state index contributed by atoms with van der Waals surface area (Å²) < 4.78 is 1.77. The molecule has 1 fully saturated rings. The number of hydrogen-bond acceptors (Lipinski definition) is 5. The average Bonchev–Trinajstić information content (AvgIpc) is 2.99. The molecule has 2 aromatic heterocycles. The van der Waals surface area contributed by atoms with Crippen LogP contribution in [0.1, 0.15) is 50.4 Å². The zero-order valence-corrected chi connectivity index (χ0v) is 16.6. The number of aryl methyl sites for hydroxylation is 2. The SMILES string of the molecule is Cc1cc(C)n(-c2ccc(S[C@H](C)C(=O)NCC3CCCCC3)nn2)n1. The first kappa shape index (κ1) is 18.9. The number of hydrogen-bond donors (Lipinski definition) is 1. The molecule has 3 rings (SSSR count). The summed E-state index contributed by atoms with van der Waals surface area (Å²) in [6, 6.07) is 5.79. The number of aromatic nitrogens is 4. The molecule has 26 heavy (non-hydrogen) atoms. The highest BCUT2D eigenvalue weighted by atomic mass is 32.2. The Balaban J connectivity index is 1.52. The maximum Gasteiger partial charge on any atom is 0.233 e. The molecule has 0 saturated heterocycles. The van der Waals surface area contributed by atoms with E-state index in [2.05, 4.69) is 20.6 Å². The van der Waals surface area contributed by atoms with Crippen LogP contribution in [0.5, 0.6) is 0 Å². The summed E-state index contributed by atoms with van der Waals surface area (Å²) in [5, 5.41) is 16.6. The summed E-state index contributed by atoms with van der Waals surface area (Å²) in [5.41, 5.74) is 1.97. The lowest BCUT2D eigenvalue weighted by molar-refractivity contribution is -0.120. The molecule has 7 heteroatoms. The summed E-state index contributed by atoms with van der Waals surface area (Å²) in [4.78, 5) is 12.3. The van der Waals surface area contributed by atoms with E-state index in [1.165, 1.54) is 43.9 Å². The van der Waals surface area contributed by atoms with Crippen LogP contribution < -0.4 is 5.32 Å².